The Kier molecular flexibility index (Phi) is 3.65. The third-order valence-electron chi connectivity index (χ3n) is 2.40. The molecular weight excluding hydrogens is 198 g/mol. The van der Waals surface area contributed by atoms with Crippen molar-refractivity contribution in [3.8, 4) is 0 Å². The van der Waals surface area contributed by atoms with Crippen LogP contribution < -0.4 is 16.4 Å². The van der Waals surface area contributed by atoms with Gasteiger partial charge in [-0.05, 0) is 12.8 Å². The van der Waals surface area contributed by atoms with Crippen LogP contribution >= 0.6 is 0 Å². The van der Waals surface area contributed by atoms with E-state index in [0.717, 1.165) is 0 Å². The largest absolute Gasteiger partial charge is 0.368 e. The zero-order chi connectivity index (χ0) is 11.4. The molecule has 84 valence electrons. The van der Waals surface area contributed by atoms with Crippen molar-refractivity contribution in [3.05, 3.63) is 0 Å². The van der Waals surface area contributed by atoms with E-state index in [-0.39, 0.29) is 24.2 Å². The number of hydrogen-bond donors (Lipinski definition) is 3. The van der Waals surface area contributed by atoms with Gasteiger partial charge in [0.1, 0.15) is 6.04 Å². The monoisotopic (exact) mass is 213 g/mol. The summed E-state index contributed by atoms with van der Waals surface area (Å²) in [6.45, 7) is 1.93. The molecule has 1 heterocycles. The Bertz CT molecular complexity index is 290. The number of carbonyl (C=O) groups is 3. The van der Waals surface area contributed by atoms with Crippen LogP contribution in [-0.4, -0.2) is 30.3 Å². The summed E-state index contributed by atoms with van der Waals surface area (Å²) in [4.78, 5) is 33.0. The lowest BCUT2D eigenvalue weighted by Gasteiger charge is -2.16. The van der Waals surface area contributed by atoms with E-state index < -0.39 is 11.9 Å². The molecule has 0 spiro atoms. The van der Waals surface area contributed by atoms with Crippen molar-refractivity contribution in [2.75, 3.05) is 6.54 Å². The zero-order valence-electron chi connectivity index (χ0n) is 8.58. The summed E-state index contributed by atoms with van der Waals surface area (Å²) in [5.41, 5.74) is 5.12. The smallest absolute Gasteiger partial charge is 0.240 e. The molecule has 15 heavy (non-hydrogen) atoms. The van der Waals surface area contributed by atoms with Gasteiger partial charge in [0, 0.05) is 19.4 Å². The zero-order valence-corrected chi connectivity index (χ0v) is 8.58. The summed E-state index contributed by atoms with van der Waals surface area (Å²) in [6, 6.07) is -0.753. The number of amides is 3. The van der Waals surface area contributed by atoms with Crippen LogP contribution in [0.5, 0.6) is 0 Å². The minimum Gasteiger partial charge on any atom is -0.368 e. The lowest BCUT2D eigenvalue weighted by molar-refractivity contribution is -0.128. The highest BCUT2D eigenvalue weighted by molar-refractivity contribution is 5.87. The summed E-state index contributed by atoms with van der Waals surface area (Å²) in [7, 11) is 0. The number of nitrogens with two attached hydrogens (primary N) is 1. The molecule has 0 aromatic rings. The second kappa shape index (κ2) is 4.77. The Morgan fingerprint density at radius 2 is 2.33 bits per heavy atom. The van der Waals surface area contributed by atoms with Gasteiger partial charge in [-0.25, -0.2) is 0 Å². The van der Waals surface area contributed by atoms with E-state index in [9.17, 15) is 14.4 Å². The first-order chi connectivity index (χ1) is 7.00. The molecule has 3 amide bonds. The maximum absolute atomic E-state index is 11.2. The fourth-order valence-corrected chi connectivity index (χ4v) is 1.65. The van der Waals surface area contributed by atoms with Crippen LogP contribution in [0.15, 0.2) is 0 Å². The molecule has 0 unspecified atom stereocenters. The van der Waals surface area contributed by atoms with E-state index in [2.05, 4.69) is 10.6 Å². The molecule has 1 fully saturated rings. The summed E-state index contributed by atoms with van der Waals surface area (Å²) in [5.74, 6) is -1.23. The summed E-state index contributed by atoms with van der Waals surface area (Å²) in [5, 5.41) is 5.10. The minimum atomic E-state index is -0.753. The summed E-state index contributed by atoms with van der Waals surface area (Å²) >= 11 is 0. The molecule has 0 aromatic carbocycles. The van der Waals surface area contributed by atoms with E-state index in [0.29, 0.717) is 13.0 Å². The Labute approximate surface area is 87.6 Å². The van der Waals surface area contributed by atoms with Gasteiger partial charge in [-0.15, -0.1) is 0 Å². The number of rotatable bonds is 4. The molecule has 1 rings (SSSR count). The summed E-state index contributed by atoms with van der Waals surface area (Å²) in [6.07, 6.45) is 0.961. The van der Waals surface area contributed by atoms with Gasteiger partial charge in [-0.1, -0.05) is 0 Å². The first-order valence-corrected chi connectivity index (χ1v) is 4.85. The predicted molar refractivity (Wildman–Crippen MR) is 52.5 cm³/mol. The molecule has 0 radical (unpaired) electrons. The third kappa shape index (κ3) is 3.23. The van der Waals surface area contributed by atoms with E-state index in [4.69, 9.17) is 5.73 Å². The maximum atomic E-state index is 11.2. The van der Waals surface area contributed by atoms with Gasteiger partial charge in [0.2, 0.25) is 17.7 Å². The minimum absolute atomic E-state index is 0.0772. The molecule has 6 heteroatoms. The first-order valence-electron chi connectivity index (χ1n) is 4.85. The molecular formula is C9H15N3O3. The van der Waals surface area contributed by atoms with Crippen molar-refractivity contribution in [1.82, 2.24) is 10.6 Å². The second-order valence-electron chi connectivity index (χ2n) is 3.67. The van der Waals surface area contributed by atoms with Crippen LogP contribution in [0.1, 0.15) is 19.8 Å². The van der Waals surface area contributed by atoms with Crippen molar-refractivity contribution in [3.63, 3.8) is 0 Å². The molecule has 4 N–H and O–H groups in total. The van der Waals surface area contributed by atoms with Crippen molar-refractivity contribution >= 4 is 17.7 Å². The van der Waals surface area contributed by atoms with Crippen LogP contribution in [-0.2, 0) is 14.4 Å². The maximum Gasteiger partial charge on any atom is 0.240 e. The van der Waals surface area contributed by atoms with Crippen LogP contribution in [0.3, 0.4) is 0 Å². The van der Waals surface area contributed by atoms with Gasteiger partial charge in [0.15, 0.2) is 0 Å². The predicted octanol–water partition coefficient (Wildman–Crippen LogP) is -1.50. The molecule has 0 aliphatic carbocycles. The fourth-order valence-electron chi connectivity index (χ4n) is 1.65. The van der Waals surface area contributed by atoms with E-state index in [1.54, 1.807) is 0 Å². The van der Waals surface area contributed by atoms with Crippen molar-refractivity contribution in [1.29, 1.82) is 0 Å². The standard InChI is InChI=1S/C9H15N3O3/c1-5(13)12-7(8(10)14)4-6-2-3-11-9(6)15/h6-7H,2-4H2,1H3,(H2,10,14)(H,11,15)(H,12,13)/t6-,7-/m0/s1. The number of nitrogens with one attached hydrogen (secondary N) is 2. The lowest BCUT2D eigenvalue weighted by atomic mass is 9.98. The van der Waals surface area contributed by atoms with Crippen LogP contribution in [0.25, 0.3) is 0 Å². The normalized spacial score (nSPS) is 21.9. The number of primary amides is 1. The molecule has 6 nitrogen and oxygen atoms in total. The molecule has 1 aliphatic rings. The Morgan fingerprint density at radius 3 is 2.73 bits per heavy atom. The lowest BCUT2D eigenvalue weighted by Crippen LogP contribution is -2.45. The van der Waals surface area contributed by atoms with E-state index >= 15 is 0 Å². The van der Waals surface area contributed by atoms with Crippen LogP contribution in [0, 0.1) is 5.92 Å². The number of carbonyl (C=O) groups excluding carboxylic acids is 3. The van der Waals surface area contributed by atoms with Gasteiger partial charge < -0.3 is 16.4 Å². The van der Waals surface area contributed by atoms with Crippen LogP contribution in [0.4, 0.5) is 0 Å². The topological polar surface area (TPSA) is 101 Å². The molecule has 1 saturated heterocycles. The molecule has 0 saturated carbocycles. The molecule has 2 atom stereocenters. The highest BCUT2D eigenvalue weighted by Gasteiger charge is 2.29. The summed E-state index contributed by atoms with van der Waals surface area (Å²) < 4.78 is 0. The Hall–Kier alpha value is -1.59. The average molecular weight is 213 g/mol. The Balaban J connectivity index is 2.54. The van der Waals surface area contributed by atoms with Crippen LogP contribution in [0.2, 0.25) is 0 Å². The third-order valence-corrected chi connectivity index (χ3v) is 2.40. The molecule has 1 aliphatic heterocycles. The van der Waals surface area contributed by atoms with Crippen molar-refractivity contribution in [2.45, 2.75) is 25.8 Å². The second-order valence-corrected chi connectivity index (χ2v) is 3.67. The first kappa shape index (κ1) is 11.5. The fraction of sp³-hybridized carbons (Fsp3) is 0.667. The Morgan fingerprint density at radius 1 is 1.67 bits per heavy atom. The average Bonchev–Trinajstić information content (AvgIpc) is 2.50. The van der Waals surface area contributed by atoms with Gasteiger partial charge in [0.25, 0.3) is 0 Å². The van der Waals surface area contributed by atoms with Gasteiger partial charge in [-0.2, -0.15) is 0 Å². The van der Waals surface area contributed by atoms with E-state index in [1.165, 1.54) is 6.92 Å². The van der Waals surface area contributed by atoms with Gasteiger partial charge in [0.05, 0.1) is 0 Å². The SMILES string of the molecule is CC(=O)N[C@@H](C[C@@H]1CCNC1=O)C(N)=O. The highest BCUT2D eigenvalue weighted by Crippen LogP contribution is 2.15. The van der Waals surface area contributed by atoms with Gasteiger partial charge in [-0.3, -0.25) is 14.4 Å². The van der Waals surface area contributed by atoms with Crippen molar-refractivity contribution < 1.29 is 14.4 Å². The quantitative estimate of drug-likeness (QED) is 0.529. The number of hydrogen-bond acceptors (Lipinski definition) is 3. The molecule has 0 bridgehead atoms. The van der Waals surface area contributed by atoms with Crippen molar-refractivity contribution in [2.24, 2.45) is 11.7 Å². The van der Waals surface area contributed by atoms with Gasteiger partial charge >= 0.3 is 0 Å². The molecule has 0 aromatic heterocycles. The highest BCUT2D eigenvalue weighted by atomic mass is 16.2. The van der Waals surface area contributed by atoms with E-state index in [1.807, 2.05) is 0 Å².